The molecule has 0 spiro atoms. The summed E-state index contributed by atoms with van der Waals surface area (Å²) >= 11 is 0.342. The summed E-state index contributed by atoms with van der Waals surface area (Å²) in [5.74, 6) is -2.87. The zero-order valence-corrected chi connectivity index (χ0v) is 16.7. The Kier molecular flexibility index (Phi) is 6.08. The summed E-state index contributed by atoms with van der Waals surface area (Å²) in [5, 5.41) is 7.31. The maximum atomic E-state index is 12.9. The predicted octanol–water partition coefficient (Wildman–Crippen LogP) is 3.90. The average Bonchev–Trinajstić information content (AvgIpc) is 3.34. The van der Waals surface area contributed by atoms with Crippen molar-refractivity contribution in [2.45, 2.75) is 23.9 Å². The molecule has 0 aliphatic rings. The number of benzene rings is 2. The van der Waals surface area contributed by atoms with Crippen molar-refractivity contribution >= 4 is 28.7 Å². The molecule has 30 heavy (non-hydrogen) atoms. The van der Waals surface area contributed by atoms with Gasteiger partial charge in [-0.2, -0.15) is 13.9 Å². The number of halogens is 2. The van der Waals surface area contributed by atoms with E-state index in [-0.39, 0.29) is 17.6 Å². The highest BCUT2D eigenvalue weighted by atomic mass is 32.2. The Hall–Kier alpha value is -3.20. The minimum absolute atomic E-state index is 0.0706. The Morgan fingerprint density at radius 1 is 1.10 bits per heavy atom. The molecular formula is C21H19F2N5OS. The second kappa shape index (κ2) is 9.08. The van der Waals surface area contributed by atoms with Crippen molar-refractivity contribution in [2.24, 2.45) is 0 Å². The van der Waals surface area contributed by atoms with Crippen LogP contribution in [0.3, 0.4) is 0 Å². The number of hydrogen-bond acceptors (Lipinski definition) is 4. The number of imidazole rings is 1. The van der Waals surface area contributed by atoms with Crippen LogP contribution in [0.2, 0.25) is 0 Å². The van der Waals surface area contributed by atoms with Crippen LogP contribution in [0.4, 0.5) is 8.78 Å². The van der Waals surface area contributed by atoms with E-state index in [0.717, 1.165) is 11.3 Å². The molecule has 1 N–H and O–H groups in total. The number of nitrogens with zero attached hydrogens (tertiary/aromatic N) is 4. The van der Waals surface area contributed by atoms with E-state index in [9.17, 15) is 13.6 Å². The minimum atomic E-state index is -2.61. The van der Waals surface area contributed by atoms with E-state index in [1.54, 1.807) is 35.1 Å². The third kappa shape index (κ3) is 4.68. The van der Waals surface area contributed by atoms with Crippen LogP contribution in [0.1, 0.15) is 5.56 Å². The van der Waals surface area contributed by atoms with Crippen LogP contribution in [-0.2, 0) is 17.8 Å². The van der Waals surface area contributed by atoms with Crippen LogP contribution < -0.4 is 5.32 Å². The molecule has 154 valence electrons. The summed E-state index contributed by atoms with van der Waals surface area (Å²) in [7, 11) is 0. The molecule has 4 aromatic rings. The Morgan fingerprint density at radius 3 is 2.67 bits per heavy atom. The number of aromatic nitrogens is 4. The lowest BCUT2D eigenvalue weighted by Crippen LogP contribution is -2.29. The first-order valence-corrected chi connectivity index (χ1v) is 10.2. The van der Waals surface area contributed by atoms with Gasteiger partial charge < -0.3 is 9.88 Å². The SMILES string of the molecule is O=C(Cn1c(SC(F)F)nc2ccccc21)NCCc1cnn(-c2ccccc2)c1. The van der Waals surface area contributed by atoms with Gasteiger partial charge in [-0.05, 0) is 48.0 Å². The Labute approximate surface area is 175 Å². The molecule has 6 nitrogen and oxygen atoms in total. The van der Waals surface area contributed by atoms with Gasteiger partial charge >= 0.3 is 0 Å². The van der Waals surface area contributed by atoms with Crippen molar-refractivity contribution in [3.8, 4) is 5.69 Å². The van der Waals surface area contributed by atoms with E-state index in [4.69, 9.17) is 0 Å². The van der Waals surface area contributed by atoms with E-state index in [2.05, 4.69) is 15.4 Å². The van der Waals surface area contributed by atoms with Gasteiger partial charge in [-0.15, -0.1) is 0 Å². The average molecular weight is 427 g/mol. The van der Waals surface area contributed by atoms with Crippen LogP contribution in [0.25, 0.3) is 16.7 Å². The number of alkyl halides is 2. The fourth-order valence-electron chi connectivity index (χ4n) is 3.13. The number of rotatable bonds is 8. The lowest BCUT2D eigenvalue weighted by molar-refractivity contribution is -0.121. The third-order valence-electron chi connectivity index (χ3n) is 4.51. The second-order valence-corrected chi connectivity index (χ2v) is 7.53. The van der Waals surface area contributed by atoms with E-state index >= 15 is 0 Å². The number of fused-ring (bicyclic) bond motifs is 1. The maximum absolute atomic E-state index is 12.9. The topological polar surface area (TPSA) is 64.7 Å². The molecule has 0 aliphatic carbocycles. The molecule has 2 heterocycles. The quantitative estimate of drug-likeness (QED) is 0.433. The van der Waals surface area contributed by atoms with Gasteiger partial charge in [-0.25, -0.2) is 9.67 Å². The fourth-order valence-corrected chi connectivity index (χ4v) is 3.73. The summed E-state index contributed by atoms with van der Waals surface area (Å²) in [6, 6.07) is 16.8. The lowest BCUT2D eigenvalue weighted by atomic mass is 10.2. The van der Waals surface area contributed by atoms with Crippen molar-refractivity contribution in [1.82, 2.24) is 24.6 Å². The van der Waals surface area contributed by atoms with Crippen LogP contribution in [0.5, 0.6) is 0 Å². The van der Waals surface area contributed by atoms with Gasteiger partial charge in [0.1, 0.15) is 6.54 Å². The smallest absolute Gasteiger partial charge is 0.291 e. The zero-order valence-electron chi connectivity index (χ0n) is 15.9. The van der Waals surface area contributed by atoms with Gasteiger partial charge in [-0.3, -0.25) is 4.79 Å². The van der Waals surface area contributed by atoms with Crippen molar-refractivity contribution in [3.05, 3.63) is 72.6 Å². The number of amides is 1. The summed E-state index contributed by atoms with van der Waals surface area (Å²) in [4.78, 5) is 16.7. The van der Waals surface area contributed by atoms with E-state index < -0.39 is 5.76 Å². The molecule has 9 heteroatoms. The lowest BCUT2D eigenvalue weighted by Gasteiger charge is -2.09. The van der Waals surface area contributed by atoms with Crippen LogP contribution in [-0.4, -0.2) is 37.5 Å². The van der Waals surface area contributed by atoms with Gasteiger partial charge in [0.2, 0.25) is 5.91 Å². The highest BCUT2D eigenvalue weighted by Gasteiger charge is 2.17. The highest BCUT2D eigenvalue weighted by molar-refractivity contribution is 7.99. The van der Waals surface area contributed by atoms with Crippen LogP contribution in [0, 0.1) is 0 Å². The normalized spacial score (nSPS) is 11.3. The monoisotopic (exact) mass is 427 g/mol. The summed E-state index contributed by atoms with van der Waals surface area (Å²) in [6.45, 7) is 0.349. The maximum Gasteiger partial charge on any atom is 0.291 e. The minimum Gasteiger partial charge on any atom is -0.354 e. The van der Waals surface area contributed by atoms with Gasteiger partial charge in [-0.1, -0.05) is 30.3 Å². The molecule has 0 saturated carbocycles. The van der Waals surface area contributed by atoms with Crippen LogP contribution >= 0.6 is 11.8 Å². The number of carbonyl (C=O) groups excluding carboxylic acids is 1. The van der Waals surface area contributed by atoms with Crippen molar-refractivity contribution in [1.29, 1.82) is 0 Å². The molecule has 0 radical (unpaired) electrons. The van der Waals surface area contributed by atoms with Crippen molar-refractivity contribution in [3.63, 3.8) is 0 Å². The molecule has 4 rings (SSSR count). The number of thioether (sulfide) groups is 1. The zero-order chi connectivity index (χ0) is 20.9. The fraction of sp³-hybridized carbons (Fsp3) is 0.190. The Morgan fingerprint density at radius 2 is 1.87 bits per heavy atom. The molecule has 1 amide bonds. The Bertz CT molecular complexity index is 1140. The van der Waals surface area contributed by atoms with Crippen molar-refractivity contribution in [2.75, 3.05) is 6.54 Å². The first-order valence-electron chi connectivity index (χ1n) is 9.36. The van der Waals surface area contributed by atoms with Gasteiger partial charge in [0.15, 0.2) is 5.16 Å². The first-order chi connectivity index (χ1) is 14.6. The number of para-hydroxylation sites is 3. The standard InChI is InChI=1S/C21H19F2N5OS/c22-20(23)30-21-26-17-8-4-5-9-18(17)27(21)14-19(29)24-11-10-15-12-25-28(13-15)16-6-2-1-3-7-16/h1-9,12-13,20H,10-11,14H2,(H,24,29). The number of carbonyl (C=O) groups is 1. The molecule has 2 aromatic carbocycles. The molecule has 0 bridgehead atoms. The predicted molar refractivity (Wildman–Crippen MR) is 112 cm³/mol. The van der Waals surface area contributed by atoms with Gasteiger partial charge in [0.05, 0.1) is 22.9 Å². The first kappa shape index (κ1) is 20.1. The molecule has 0 fully saturated rings. The molecule has 0 saturated heterocycles. The molecule has 0 aliphatic heterocycles. The van der Waals surface area contributed by atoms with Gasteiger partial charge in [0, 0.05) is 12.7 Å². The summed E-state index contributed by atoms with van der Waals surface area (Å²) < 4.78 is 29.1. The van der Waals surface area contributed by atoms with E-state index in [1.165, 1.54) is 4.57 Å². The molecular weight excluding hydrogens is 408 g/mol. The number of hydrogen-bond donors (Lipinski definition) is 1. The molecule has 0 unspecified atom stereocenters. The second-order valence-electron chi connectivity index (χ2n) is 6.58. The number of nitrogens with one attached hydrogen (secondary N) is 1. The highest BCUT2D eigenvalue weighted by Crippen LogP contribution is 2.28. The molecule has 2 aromatic heterocycles. The van der Waals surface area contributed by atoms with Crippen molar-refractivity contribution < 1.29 is 13.6 Å². The summed E-state index contributed by atoms with van der Waals surface area (Å²) in [6.07, 6.45) is 4.30. The largest absolute Gasteiger partial charge is 0.354 e. The van der Waals surface area contributed by atoms with E-state index in [1.807, 2.05) is 36.5 Å². The summed E-state index contributed by atoms with van der Waals surface area (Å²) in [5.41, 5.74) is 3.19. The Balaban J connectivity index is 1.37. The van der Waals surface area contributed by atoms with E-state index in [0.29, 0.717) is 35.8 Å². The van der Waals surface area contributed by atoms with Crippen LogP contribution in [0.15, 0.2) is 72.1 Å². The third-order valence-corrected chi connectivity index (χ3v) is 5.21. The van der Waals surface area contributed by atoms with Gasteiger partial charge in [0.25, 0.3) is 5.76 Å². The molecule has 0 atom stereocenters.